The molecule has 0 amide bonds. The minimum absolute atomic E-state index is 1.34. The van der Waals surface area contributed by atoms with Gasteiger partial charge in [-0.05, 0) is 13.8 Å². The van der Waals surface area contributed by atoms with Crippen molar-refractivity contribution in [3.63, 3.8) is 0 Å². The summed E-state index contributed by atoms with van der Waals surface area (Å²) >= 11 is 0. The summed E-state index contributed by atoms with van der Waals surface area (Å²) in [5, 5.41) is 4.80. The fraction of sp³-hybridized carbons (Fsp3) is 0.600. The maximum absolute atomic E-state index is 10.6. The van der Waals surface area contributed by atoms with Crippen LogP contribution >= 0.6 is 0 Å². The Hall–Kier alpha value is -0.390. The van der Waals surface area contributed by atoms with E-state index in [1.165, 1.54) is 13.0 Å². The van der Waals surface area contributed by atoms with Gasteiger partial charge < -0.3 is 5.73 Å². The molecule has 0 aromatic heterocycles. The van der Waals surface area contributed by atoms with Gasteiger partial charge in [-0.3, -0.25) is 0 Å². The molecule has 0 aromatic carbocycles. The van der Waals surface area contributed by atoms with Crippen LogP contribution in [-0.4, -0.2) is 13.3 Å². The second-order valence-corrected chi connectivity index (χ2v) is 4.20. The molecule has 0 aliphatic rings. The monoisotopic (exact) mass is 164 g/mol. The van der Waals surface area contributed by atoms with E-state index in [0.29, 0.717) is 0 Å². The molecule has 10 heavy (non-hydrogen) atoms. The first-order valence-corrected chi connectivity index (χ1v) is 4.31. The van der Waals surface area contributed by atoms with E-state index in [2.05, 4.69) is 0 Å². The molecule has 4 N–H and O–H groups in total. The molecule has 0 saturated carbocycles. The van der Waals surface area contributed by atoms with Crippen LogP contribution in [0.4, 0.5) is 0 Å². The molecule has 0 saturated heterocycles. The summed E-state index contributed by atoms with van der Waals surface area (Å²) in [7, 11) is -3.67. The van der Waals surface area contributed by atoms with Gasteiger partial charge in [0.25, 0.3) is 0 Å². The van der Waals surface area contributed by atoms with Crippen molar-refractivity contribution in [2.75, 3.05) is 0 Å². The Labute approximate surface area is 60.9 Å². The van der Waals surface area contributed by atoms with E-state index in [1.807, 2.05) is 0 Å². The first-order chi connectivity index (χ1) is 4.31. The van der Waals surface area contributed by atoms with Crippen LogP contribution < -0.4 is 10.9 Å². The number of allylic oxidation sites excluding steroid dienone is 1. The lowest BCUT2D eigenvalue weighted by atomic mass is 10.3. The Morgan fingerprint density at radius 1 is 1.50 bits per heavy atom. The first-order valence-electron chi connectivity index (χ1n) is 2.76. The van der Waals surface area contributed by atoms with Crippen molar-refractivity contribution in [2.24, 2.45) is 10.9 Å². The number of primary sulfonamides is 1. The van der Waals surface area contributed by atoms with Crippen LogP contribution in [0.2, 0.25) is 0 Å². The average molecular weight is 164 g/mol. The molecule has 60 valence electrons. The highest BCUT2D eigenvalue weighted by atomic mass is 32.2. The molecule has 0 spiro atoms. The van der Waals surface area contributed by atoms with Crippen LogP contribution in [0, 0.1) is 0 Å². The Bertz CT molecular complexity index is 228. The predicted octanol–water partition coefficient (Wildman–Crippen LogP) is -0.474. The van der Waals surface area contributed by atoms with Gasteiger partial charge in [-0.15, -0.1) is 0 Å². The molecule has 0 heterocycles. The number of hydrogen-bond acceptors (Lipinski definition) is 3. The number of sulfonamides is 1. The second-order valence-electron chi connectivity index (χ2n) is 2.23. The highest BCUT2D eigenvalue weighted by Gasteiger charge is 2.27. The quantitative estimate of drug-likeness (QED) is 0.541. The Morgan fingerprint density at radius 2 is 1.90 bits per heavy atom. The van der Waals surface area contributed by atoms with Gasteiger partial charge in [0.2, 0.25) is 10.0 Å². The molecule has 4 nitrogen and oxygen atoms in total. The Morgan fingerprint density at radius 3 is 2.00 bits per heavy atom. The fourth-order valence-corrected chi connectivity index (χ4v) is 0.752. The van der Waals surface area contributed by atoms with E-state index >= 15 is 0 Å². The summed E-state index contributed by atoms with van der Waals surface area (Å²) in [6.07, 6.45) is 2.88. The lowest BCUT2D eigenvalue weighted by molar-refractivity contribution is 0.568. The van der Waals surface area contributed by atoms with Crippen molar-refractivity contribution < 1.29 is 8.42 Å². The van der Waals surface area contributed by atoms with Crippen molar-refractivity contribution >= 4 is 10.0 Å². The third kappa shape index (κ3) is 2.09. The zero-order chi connectivity index (χ0) is 8.41. The van der Waals surface area contributed by atoms with Crippen molar-refractivity contribution in [3.8, 4) is 0 Å². The summed E-state index contributed by atoms with van der Waals surface area (Å²) in [5.41, 5.74) is 5.30. The zero-order valence-corrected chi connectivity index (χ0v) is 6.85. The molecule has 0 radical (unpaired) electrons. The van der Waals surface area contributed by atoms with Crippen LogP contribution in [0.1, 0.15) is 13.8 Å². The minimum atomic E-state index is -3.67. The van der Waals surface area contributed by atoms with Gasteiger partial charge in [-0.1, -0.05) is 12.2 Å². The fourth-order valence-electron chi connectivity index (χ4n) is 0.426. The lowest BCUT2D eigenvalue weighted by Gasteiger charge is -2.16. The summed E-state index contributed by atoms with van der Waals surface area (Å²) in [4.78, 5) is -1.44. The van der Waals surface area contributed by atoms with Crippen molar-refractivity contribution in [3.05, 3.63) is 12.2 Å². The summed E-state index contributed by atoms with van der Waals surface area (Å²) in [6.45, 7) is 3.01. The second kappa shape index (κ2) is 2.69. The molecule has 1 atom stereocenters. The smallest absolute Gasteiger partial charge is 0.231 e. The van der Waals surface area contributed by atoms with E-state index in [9.17, 15) is 8.42 Å². The van der Waals surface area contributed by atoms with Crippen LogP contribution in [0.5, 0.6) is 0 Å². The van der Waals surface area contributed by atoms with Crippen LogP contribution in [0.3, 0.4) is 0 Å². The van der Waals surface area contributed by atoms with Gasteiger partial charge in [0.05, 0.1) is 0 Å². The molecule has 0 aliphatic heterocycles. The molecule has 0 fully saturated rings. The maximum atomic E-state index is 10.6. The van der Waals surface area contributed by atoms with Gasteiger partial charge in [-0.25, -0.2) is 13.6 Å². The zero-order valence-electron chi connectivity index (χ0n) is 6.03. The lowest BCUT2D eigenvalue weighted by Crippen LogP contribution is -2.46. The molecular weight excluding hydrogens is 152 g/mol. The number of nitrogens with two attached hydrogens (primary N) is 2. The molecule has 0 rings (SSSR count). The minimum Gasteiger partial charge on any atom is -0.308 e. The normalized spacial score (nSPS) is 19.2. The van der Waals surface area contributed by atoms with E-state index in [4.69, 9.17) is 10.9 Å². The summed E-state index contributed by atoms with van der Waals surface area (Å²) < 4.78 is 21.3. The van der Waals surface area contributed by atoms with Crippen LogP contribution in [0.15, 0.2) is 12.2 Å². The van der Waals surface area contributed by atoms with Crippen LogP contribution in [-0.2, 0) is 10.0 Å². The Balaban J connectivity index is 4.76. The van der Waals surface area contributed by atoms with Crippen LogP contribution in [0.25, 0.3) is 0 Å². The summed E-state index contributed by atoms with van der Waals surface area (Å²) in [6, 6.07) is 0. The van der Waals surface area contributed by atoms with E-state index < -0.39 is 14.9 Å². The topological polar surface area (TPSA) is 86.2 Å². The van der Waals surface area contributed by atoms with E-state index in [0.717, 1.165) is 0 Å². The standard InChI is InChI=1S/C5H12N2O2S/c1-3-4-5(2,6)10(7,8)9/h3-4H,6H2,1-2H3,(H2,7,8,9)/b4-3-. The van der Waals surface area contributed by atoms with Crippen molar-refractivity contribution in [1.82, 2.24) is 0 Å². The van der Waals surface area contributed by atoms with Gasteiger partial charge in [0.1, 0.15) is 4.87 Å². The number of rotatable bonds is 2. The third-order valence-electron chi connectivity index (χ3n) is 1.11. The van der Waals surface area contributed by atoms with Gasteiger partial charge in [0, 0.05) is 0 Å². The largest absolute Gasteiger partial charge is 0.308 e. The highest BCUT2D eigenvalue weighted by Crippen LogP contribution is 2.06. The predicted molar refractivity (Wildman–Crippen MR) is 40.5 cm³/mol. The SMILES string of the molecule is C/C=C\C(C)(N)S(N)(=O)=O. The van der Waals surface area contributed by atoms with Crippen molar-refractivity contribution in [1.29, 1.82) is 0 Å². The molecular formula is C5H12N2O2S. The maximum Gasteiger partial charge on any atom is 0.231 e. The van der Waals surface area contributed by atoms with E-state index in [-0.39, 0.29) is 0 Å². The highest BCUT2D eigenvalue weighted by molar-refractivity contribution is 7.90. The molecule has 0 bridgehead atoms. The molecule has 5 heteroatoms. The third-order valence-corrected chi connectivity index (χ3v) is 2.47. The van der Waals surface area contributed by atoms with Crippen molar-refractivity contribution in [2.45, 2.75) is 18.7 Å². The van der Waals surface area contributed by atoms with Gasteiger partial charge in [0.15, 0.2) is 0 Å². The number of hydrogen-bond donors (Lipinski definition) is 2. The molecule has 1 unspecified atom stereocenters. The molecule has 0 aliphatic carbocycles. The Kier molecular flexibility index (Phi) is 2.59. The average Bonchev–Trinajstić information content (AvgIpc) is 1.61. The van der Waals surface area contributed by atoms with Gasteiger partial charge in [-0.2, -0.15) is 0 Å². The first kappa shape index (κ1) is 9.61. The summed E-state index contributed by atoms with van der Waals surface area (Å²) in [5.74, 6) is 0. The van der Waals surface area contributed by atoms with Gasteiger partial charge >= 0.3 is 0 Å². The molecule has 0 aromatic rings. The van der Waals surface area contributed by atoms with E-state index in [1.54, 1.807) is 13.0 Å².